The van der Waals surface area contributed by atoms with Crippen molar-refractivity contribution in [3.63, 3.8) is 0 Å². The number of esters is 1. The quantitative estimate of drug-likeness (QED) is 0.425. The summed E-state index contributed by atoms with van der Waals surface area (Å²) in [5, 5.41) is 1.12. The normalized spacial score (nSPS) is 31.8. The van der Waals surface area contributed by atoms with Crippen LogP contribution < -0.4 is 0 Å². The Morgan fingerprint density at radius 2 is 2.03 bits per heavy atom. The van der Waals surface area contributed by atoms with Gasteiger partial charge in [0.05, 0.1) is 18.2 Å². The summed E-state index contributed by atoms with van der Waals surface area (Å²) in [6.45, 7) is 6.72. The van der Waals surface area contributed by atoms with Crippen LogP contribution in [-0.2, 0) is 16.0 Å². The van der Waals surface area contributed by atoms with Crippen LogP contribution in [0.15, 0.2) is 35.9 Å². The topological polar surface area (TPSA) is 59.2 Å². The van der Waals surface area contributed by atoms with Gasteiger partial charge in [-0.1, -0.05) is 43.7 Å². The van der Waals surface area contributed by atoms with Crippen molar-refractivity contribution in [1.29, 1.82) is 0 Å². The fraction of sp³-hybridized carbons (Fsp3) is 0.520. The number of benzene rings is 1. The zero-order chi connectivity index (χ0) is 20.8. The number of aromatic nitrogens is 1. The SMILES string of the molecule is COC(=O)[C@@]1(C)CCC=C2[C@@H]1CC[C@@H](C)[C@]2(C)Cc1c(C=O)[nH]c2ccccc12. The molecule has 1 aromatic carbocycles. The lowest BCUT2D eigenvalue weighted by Crippen LogP contribution is -2.48. The molecular formula is C25H31NO3. The van der Waals surface area contributed by atoms with E-state index in [0.29, 0.717) is 11.6 Å². The van der Waals surface area contributed by atoms with Gasteiger partial charge in [0.1, 0.15) is 0 Å². The van der Waals surface area contributed by atoms with Crippen molar-refractivity contribution in [3.05, 3.63) is 47.2 Å². The Morgan fingerprint density at radius 3 is 2.76 bits per heavy atom. The highest BCUT2D eigenvalue weighted by atomic mass is 16.5. The molecule has 0 bridgehead atoms. The number of nitrogens with one attached hydrogen (secondary N) is 1. The maximum absolute atomic E-state index is 12.7. The van der Waals surface area contributed by atoms with Crippen molar-refractivity contribution < 1.29 is 14.3 Å². The van der Waals surface area contributed by atoms with Gasteiger partial charge in [0.2, 0.25) is 0 Å². The summed E-state index contributed by atoms with van der Waals surface area (Å²) in [6, 6.07) is 8.13. The largest absolute Gasteiger partial charge is 0.469 e. The van der Waals surface area contributed by atoms with E-state index in [-0.39, 0.29) is 17.3 Å². The number of methoxy groups -OCH3 is 1. The maximum Gasteiger partial charge on any atom is 0.312 e. The second-order valence-electron chi connectivity index (χ2n) is 9.41. The number of aromatic amines is 1. The molecule has 2 aliphatic carbocycles. The minimum Gasteiger partial charge on any atom is -0.469 e. The number of allylic oxidation sites excluding steroid dienone is 2. The molecule has 4 atom stereocenters. The van der Waals surface area contributed by atoms with E-state index >= 15 is 0 Å². The molecule has 2 aromatic rings. The molecule has 29 heavy (non-hydrogen) atoms. The van der Waals surface area contributed by atoms with E-state index in [4.69, 9.17) is 4.74 Å². The van der Waals surface area contributed by atoms with Gasteiger partial charge in [-0.15, -0.1) is 0 Å². The van der Waals surface area contributed by atoms with Crippen LogP contribution in [0, 0.1) is 22.7 Å². The monoisotopic (exact) mass is 393 g/mol. The number of hydrogen-bond acceptors (Lipinski definition) is 3. The average molecular weight is 394 g/mol. The Balaban J connectivity index is 1.80. The maximum atomic E-state index is 12.7. The number of fused-ring (bicyclic) bond motifs is 2. The smallest absolute Gasteiger partial charge is 0.312 e. The molecule has 4 heteroatoms. The molecule has 0 aliphatic heterocycles. The third kappa shape index (κ3) is 2.95. The third-order valence-electron chi connectivity index (χ3n) is 7.97. The molecule has 0 amide bonds. The summed E-state index contributed by atoms with van der Waals surface area (Å²) in [6.07, 6.45) is 7.94. The van der Waals surface area contributed by atoms with E-state index in [1.165, 1.54) is 12.7 Å². The van der Waals surface area contributed by atoms with Crippen LogP contribution in [-0.4, -0.2) is 24.3 Å². The lowest BCUT2D eigenvalue weighted by molar-refractivity contribution is -0.156. The molecule has 154 valence electrons. The Labute approximate surface area is 172 Å². The van der Waals surface area contributed by atoms with E-state index in [2.05, 4.69) is 37.9 Å². The highest BCUT2D eigenvalue weighted by Gasteiger charge is 2.53. The zero-order valence-corrected chi connectivity index (χ0v) is 17.9. The number of rotatable bonds is 4. The van der Waals surface area contributed by atoms with Crippen LogP contribution in [0.4, 0.5) is 0 Å². The van der Waals surface area contributed by atoms with Gasteiger partial charge < -0.3 is 9.72 Å². The van der Waals surface area contributed by atoms with E-state index in [1.54, 1.807) is 0 Å². The molecular weight excluding hydrogens is 362 g/mol. The Kier molecular flexibility index (Phi) is 4.92. The Hall–Kier alpha value is -2.36. The predicted molar refractivity (Wildman–Crippen MR) is 115 cm³/mol. The van der Waals surface area contributed by atoms with Gasteiger partial charge in [0, 0.05) is 10.9 Å². The first-order chi connectivity index (χ1) is 13.8. The molecule has 4 rings (SSSR count). The zero-order valence-electron chi connectivity index (χ0n) is 17.9. The minimum absolute atomic E-state index is 0.0920. The second kappa shape index (κ2) is 7.16. The van der Waals surface area contributed by atoms with Crippen LogP contribution in [0.25, 0.3) is 10.9 Å². The first kappa shape index (κ1) is 19.9. The number of carbonyl (C=O) groups excluding carboxylic acids is 2. The van der Waals surface area contributed by atoms with Crippen LogP contribution >= 0.6 is 0 Å². The molecule has 0 saturated heterocycles. The number of carbonyl (C=O) groups is 2. The van der Waals surface area contributed by atoms with Crippen molar-refractivity contribution in [2.75, 3.05) is 7.11 Å². The average Bonchev–Trinajstić information content (AvgIpc) is 3.08. The number of aldehydes is 1. The summed E-state index contributed by atoms with van der Waals surface area (Å²) in [5.41, 5.74) is 3.60. The summed E-state index contributed by atoms with van der Waals surface area (Å²) in [5.74, 6) is 0.582. The fourth-order valence-electron chi connectivity index (χ4n) is 5.95. The van der Waals surface area contributed by atoms with Crippen molar-refractivity contribution >= 4 is 23.2 Å². The number of ether oxygens (including phenoxy) is 1. The Morgan fingerprint density at radius 1 is 1.28 bits per heavy atom. The molecule has 0 spiro atoms. The van der Waals surface area contributed by atoms with Gasteiger partial charge in [-0.2, -0.15) is 0 Å². The lowest BCUT2D eigenvalue weighted by Gasteiger charge is -2.52. The number of para-hydroxylation sites is 1. The van der Waals surface area contributed by atoms with Crippen LogP contribution in [0.3, 0.4) is 0 Å². The summed E-state index contributed by atoms with van der Waals surface area (Å²) < 4.78 is 5.22. The molecule has 0 radical (unpaired) electrons. The molecule has 4 nitrogen and oxygen atoms in total. The van der Waals surface area contributed by atoms with Crippen molar-refractivity contribution in [3.8, 4) is 0 Å². The van der Waals surface area contributed by atoms with Crippen LogP contribution in [0.1, 0.15) is 62.5 Å². The van der Waals surface area contributed by atoms with E-state index < -0.39 is 5.41 Å². The van der Waals surface area contributed by atoms with Crippen LogP contribution in [0.5, 0.6) is 0 Å². The Bertz CT molecular complexity index is 987. The van der Waals surface area contributed by atoms with Crippen molar-refractivity contribution in [2.24, 2.45) is 22.7 Å². The second-order valence-corrected chi connectivity index (χ2v) is 9.41. The number of H-pyrrole nitrogens is 1. The predicted octanol–water partition coefficient (Wildman–Crippen LogP) is 5.47. The van der Waals surface area contributed by atoms with Gasteiger partial charge in [0.25, 0.3) is 0 Å². The molecule has 2 aliphatic rings. The van der Waals surface area contributed by atoms with E-state index in [9.17, 15) is 9.59 Å². The summed E-state index contributed by atoms with van der Waals surface area (Å²) in [7, 11) is 1.50. The lowest BCUT2D eigenvalue weighted by atomic mass is 9.51. The van der Waals surface area contributed by atoms with Gasteiger partial charge >= 0.3 is 5.97 Å². The van der Waals surface area contributed by atoms with Gasteiger partial charge in [0.15, 0.2) is 6.29 Å². The third-order valence-corrected chi connectivity index (χ3v) is 7.97. The van der Waals surface area contributed by atoms with E-state index in [1.807, 2.05) is 18.2 Å². The van der Waals surface area contributed by atoms with Crippen LogP contribution in [0.2, 0.25) is 0 Å². The molecule has 1 N–H and O–H groups in total. The molecule has 1 saturated carbocycles. The van der Waals surface area contributed by atoms with Gasteiger partial charge in [-0.25, -0.2) is 0 Å². The van der Waals surface area contributed by atoms with Gasteiger partial charge in [-0.3, -0.25) is 9.59 Å². The fourth-order valence-corrected chi connectivity index (χ4v) is 5.95. The first-order valence-corrected chi connectivity index (χ1v) is 10.7. The summed E-state index contributed by atoms with van der Waals surface area (Å²) >= 11 is 0. The van der Waals surface area contributed by atoms with Crippen molar-refractivity contribution in [2.45, 2.75) is 52.9 Å². The van der Waals surface area contributed by atoms with Gasteiger partial charge in [-0.05, 0) is 67.9 Å². The molecule has 1 fully saturated rings. The highest BCUT2D eigenvalue weighted by molar-refractivity contribution is 5.92. The first-order valence-electron chi connectivity index (χ1n) is 10.7. The molecule has 0 unspecified atom stereocenters. The standard InChI is InChI=1S/C25H31NO3/c1-16-11-12-20-19(9-7-13-24(20,2)23(28)29-4)25(16,3)14-18-17-8-5-6-10-21(17)26-22(18)15-27/h5-6,8-10,15-16,20,26H,7,11-14H2,1-4H3/t16-,20+,24+,25+/m1/s1. The van der Waals surface area contributed by atoms with E-state index in [0.717, 1.165) is 54.9 Å². The summed E-state index contributed by atoms with van der Waals surface area (Å²) in [4.78, 5) is 27.8. The molecule has 1 aromatic heterocycles. The number of hydrogen-bond donors (Lipinski definition) is 1. The highest BCUT2D eigenvalue weighted by Crippen LogP contribution is 2.58. The molecule has 1 heterocycles. The minimum atomic E-state index is -0.464. The van der Waals surface area contributed by atoms with Crippen molar-refractivity contribution in [1.82, 2.24) is 4.98 Å².